The number of aryl methyl sites for hydroxylation is 2. The maximum absolute atomic E-state index is 12.4. The van der Waals surface area contributed by atoms with Gasteiger partial charge in [0.05, 0.1) is 4.88 Å². The number of anilines is 1. The number of carbonyl (C=O) groups excluding carboxylic acids is 1. The number of carbonyl (C=O) groups is 1. The van der Waals surface area contributed by atoms with Crippen LogP contribution in [0.15, 0.2) is 30.3 Å². The molecule has 3 rings (SSSR count). The molecule has 1 aromatic heterocycles. The van der Waals surface area contributed by atoms with Crippen LogP contribution < -0.4 is 16.2 Å². The summed E-state index contributed by atoms with van der Waals surface area (Å²) in [5, 5.41) is 3.97. The second-order valence-electron chi connectivity index (χ2n) is 6.01. The zero-order chi connectivity index (χ0) is 17.6. The van der Waals surface area contributed by atoms with Gasteiger partial charge in [-0.3, -0.25) is 15.6 Å². The van der Waals surface area contributed by atoms with Crippen molar-refractivity contribution in [3.8, 4) is 0 Å². The summed E-state index contributed by atoms with van der Waals surface area (Å²) in [6.07, 6.45) is 7.13. The van der Waals surface area contributed by atoms with Gasteiger partial charge in [0.25, 0.3) is 5.91 Å². The predicted molar refractivity (Wildman–Crippen MR) is 108 cm³/mol. The molecule has 1 aliphatic rings. The Morgan fingerprint density at radius 2 is 1.76 bits per heavy atom. The van der Waals surface area contributed by atoms with Crippen LogP contribution in [0, 0.1) is 0 Å². The van der Waals surface area contributed by atoms with Crippen molar-refractivity contribution in [2.24, 2.45) is 0 Å². The van der Waals surface area contributed by atoms with Crippen molar-refractivity contribution >= 4 is 51.9 Å². The lowest BCUT2D eigenvalue weighted by atomic mass is 10.00. The molecule has 0 fully saturated rings. The van der Waals surface area contributed by atoms with Crippen LogP contribution in [0.4, 0.5) is 5.69 Å². The van der Waals surface area contributed by atoms with E-state index in [1.165, 1.54) is 36.1 Å². The average molecular weight is 394 g/mol. The second-order valence-corrected chi connectivity index (χ2v) is 7.99. The van der Waals surface area contributed by atoms with Crippen LogP contribution in [-0.4, -0.2) is 11.0 Å². The molecule has 0 saturated heterocycles. The highest BCUT2D eigenvalue weighted by Gasteiger charge is 2.16. The van der Waals surface area contributed by atoms with E-state index in [2.05, 4.69) is 16.2 Å². The molecule has 132 valence electrons. The van der Waals surface area contributed by atoms with E-state index in [1.54, 1.807) is 23.5 Å². The predicted octanol–water partition coefficient (Wildman–Crippen LogP) is 4.69. The van der Waals surface area contributed by atoms with Gasteiger partial charge >= 0.3 is 0 Å². The fourth-order valence-electron chi connectivity index (χ4n) is 2.83. The number of thiophene rings is 1. The number of thiocarbonyl (C=S) groups is 1. The summed E-state index contributed by atoms with van der Waals surface area (Å²) >= 11 is 12.6. The molecule has 1 aromatic carbocycles. The molecular formula is C18H20ClN3OS2. The van der Waals surface area contributed by atoms with E-state index >= 15 is 0 Å². The molecule has 0 atom stereocenters. The van der Waals surface area contributed by atoms with E-state index in [0.717, 1.165) is 23.4 Å². The topological polar surface area (TPSA) is 53.2 Å². The van der Waals surface area contributed by atoms with Crippen LogP contribution in [-0.2, 0) is 12.8 Å². The van der Waals surface area contributed by atoms with Gasteiger partial charge in [-0.2, -0.15) is 0 Å². The van der Waals surface area contributed by atoms with Crippen molar-refractivity contribution in [3.05, 3.63) is 50.7 Å². The summed E-state index contributed by atoms with van der Waals surface area (Å²) < 4.78 is 0. The van der Waals surface area contributed by atoms with Crippen LogP contribution in [0.3, 0.4) is 0 Å². The lowest BCUT2D eigenvalue weighted by Gasteiger charge is -2.11. The molecule has 0 radical (unpaired) electrons. The van der Waals surface area contributed by atoms with E-state index in [9.17, 15) is 4.79 Å². The zero-order valence-electron chi connectivity index (χ0n) is 13.7. The SMILES string of the molecule is O=C(NNC(=S)Nc1ccc(Cl)cc1)c1cc2c(s1)CCCCCC2. The maximum Gasteiger partial charge on any atom is 0.279 e. The fourth-order valence-corrected chi connectivity index (χ4v) is 4.27. The molecule has 1 amide bonds. The Morgan fingerprint density at radius 3 is 2.52 bits per heavy atom. The number of nitrogens with one attached hydrogen (secondary N) is 3. The van der Waals surface area contributed by atoms with Gasteiger partial charge in [-0.25, -0.2) is 0 Å². The number of benzene rings is 1. The maximum atomic E-state index is 12.4. The van der Waals surface area contributed by atoms with Crippen LogP contribution in [0.1, 0.15) is 45.8 Å². The number of fused-ring (bicyclic) bond motifs is 1. The molecule has 0 unspecified atom stereocenters. The highest BCUT2D eigenvalue weighted by atomic mass is 35.5. The number of hydrogen-bond acceptors (Lipinski definition) is 3. The first-order valence-electron chi connectivity index (χ1n) is 8.36. The van der Waals surface area contributed by atoms with Crippen molar-refractivity contribution in [3.63, 3.8) is 0 Å². The summed E-state index contributed by atoms with van der Waals surface area (Å²) in [5.74, 6) is -0.156. The molecule has 25 heavy (non-hydrogen) atoms. The average Bonchev–Trinajstić information content (AvgIpc) is 2.97. The Bertz CT molecular complexity index is 733. The van der Waals surface area contributed by atoms with Gasteiger partial charge in [-0.15, -0.1) is 11.3 Å². The van der Waals surface area contributed by atoms with Crippen LogP contribution in [0.5, 0.6) is 0 Å². The summed E-state index contributed by atoms with van der Waals surface area (Å²) in [7, 11) is 0. The third kappa shape index (κ3) is 5.17. The molecule has 2 aromatic rings. The van der Waals surface area contributed by atoms with Gasteiger partial charge in [0.2, 0.25) is 0 Å². The van der Waals surface area contributed by atoms with E-state index < -0.39 is 0 Å². The lowest BCUT2D eigenvalue weighted by molar-refractivity contribution is 0.0948. The molecule has 0 aliphatic heterocycles. The van der Waals surface area contributed by atoms with Crippen molar-refractivity contribution in [1.29, 1.82) is 0 Å². The van der Waals surface area contributed by atoms with Crippen LogP contribution in [0.25, 0.3) is 0 Å². The highest BCUT2D eigenvalue weighted by Crippen LogP contribution is 2.28. The van der Waals surface area contributed by atoms with E-state index in [-0.39, 0.29) is 5.91 Å². The molecule has 0 spiro atoms. The van der Waals surface area contributed by atoms with Crippen molar-refractivity contribution in [2.45, 2.75) is 38.5 Å². The molecule has 1 aliphatic carbocycles. The minimum Gasteiger partial charge on any atom is -0.331 e. The third-order valence-electron chi connectivity index (χ3n) is 4.11. The first-order valence-corrected chi connectivity index (χ1v) is 9.96. The molecular weight excluding hydrogens is 374 g/mol. The Kier molecular flexibility index (Phi) is 6.29. The monoisotopic (exact) mass is 393 g/mol. The molecule has 4 nitrogen and oxygen atoms in total. The van der Waals surface area contributed by atoms with Gasteiger partial charge in [0.15, 0.2) is 5.11 Å². The van der Waals surface area contributed by atoms with Crippen LogP contribution in [0.2, 0.25) is 5.02 Å². The largest absolute Gasteiger partial charge is 0.331 e. The highest BCUT2D eigenvalue weighted by molar-refractivity contribution is 7.80. The quantitative estimate of drug-likeness (QED) is 0.511. The lowest BCUT2D eigenvalue weighted by Crippen LogP contribution is -2.43. The van der Waals surface area contributed by atoms with Crippen molar-refractivity contribution in [2.75, 3.05) is 5.32 Å². The van der Waals surface area contributed by atoms with E-state index in [4.69, 9.17) is 23.8 Å². The minimum atomic E-state index is -0.156. The second kappa shape index (κ2) is 8.65. The first-order chi connectivity index (χ1) is 12.1. The number of halogens is 1. The molecule has 3 N–H and O–H groups in total. The Morgan fingerprint density at radius 1 is 1.04 bits per heavy atom. The number of hydrogen-bond donors (Lipinski definition) is 3. The van der Waals surface area contributed by atoms with E-state index in [0.29, 0.717) is 10.1 Å². The summed E-state index contributed by atoms with van der Waals surface area (Å²) in [6.45, 7) is 0. The van der Waals surface area contributed by atoms with Crippen molar-refractivity contribution in [1.82, 2.24) is 10.9 Å². The molecule has 0 bridgehead atoms. The Hall–Kier alpha value is -1.63. The first kappa shape index (κ1) is 18.2. The third-order valence-corrected chi connectivity index (χ3v) is 5.80. The molecule has 7 heteroatoms. The van der Waals surface area contributed by atoms with Gasteiger partial charge in [-0.1, -0.05) is 24.4 Å². The van der Waals surface area contributed by atoms with Gasteiger partial charge in [-0.05, 0) is 73.8 Å². The van der Waals surface area contributed by atoms with Crippen molar-refractivity contribution < 1.29 is 4.79 Å². The Balaban J connectivity index is 1.54. The van der Waals surface area contributed by atoms with Gasteiger partial charge in [0, 0.05) is 15.6 Å². The summed E-state index contributed by atoms with van der Waals surface area (Å²) in [5.41, 5.74) is 7.54. The number of rotatable bonds is 2. The zero-order valence-corrected chi connectivity index (χ0v) is 16.1. The Labute approximate surface area is 161 Å². The van der Waals surface area contributed by atoms with Gasteiger partial charge < -0.3 is 5.32 Å². The fraction of sp³-hybridized carbons (Fsp3) is 0.333. The molecule has 0 saturated carbocycles. The summed E-state index contributed by atoms with van der Waals surface area (Å²) in [6, 6.07) is 9.20. The summed E-state index contributed by atoms with van der Waals surface area (Å²) in [4.78, 5) is 14.5. The number of amides is 1. The minimum absolute atomic E-state index is 0.156. The number of hydrazine groups is 1. The van der Waals surface area contributed by atoms with E-state index in [1.807, 2.05) is 18.2 Å². The smallest absolute Gasteiger partial charge is 0.279 e. The van der Waals surface area contributed by atoms with Crippen LogP contribution >= 0.6 is 35.2 Å². The van der Waals surface area contributed by atoms with Gasteiger partial charge in [0.1, 0.15) is 0 Å². The molecule has 1 heterocycles. The standard InChI is InChI=1S/C18H20ClN3OS2/c19-13-7-9-14(10-8-13)20-18(24)22-21-17(23)16-11-12-5-3-1-2-4-6-15(12)25-16/h7-11H,1-6H2,(H,21,23)(H2,20,22,24). The normalized spacial score (nSPS) is 14.0.